The average Bonchev–Trinajstić information content (AvgIpc) is 3.00. The minimum absolute atomic E-state index is 0.579. The van der Waals surface area contributed by atoms with Gasteiger partial charge in [0.05, 0.1) is 41.2 Å². The van der Waals surface area contributed by atoms with E-state index in [0.29, 0.717) is 11.6 Å². The van der Waals surface area contributed by atoms with Crippen molar-refractivity contribution in [2.45, 2.75) is 6.54 Å². The van der Waals surface area contributed by atoms with Gasteiger partial charge < -0.3 is 9.88 Å². The maximum absolute atomic E-state index is 6.29. The van der Waals surface area contributed by atoms with Crippen LogP contribution in [0.3, 0.4) is 0 Å². The Morgan fingerprint density at radius 2 is 2.10 bits per heavy atom. The van der Waals surface area contributed by atoms with Gasteiger partial charge in [-0.25, -0.2) is 4.98 Å². The Bertz CT molecular complexity index is 682. The van der Waals surface area contributed by atoms with Crippen LogP contribution >= 0.6 is 11.6 Å². The fourth-order valence-electron chi connectivity index (χ4n) is 1.92. The predicted molar refractivity (Wildman–Crippen MR) is 77.9 cm³/mol. The van der Waals surface area contributed by atoms with Gasteiger partial charge in [0.2, 0.25) is 0 Å². The lowest BCUT2D eigenvalue weighted by Crippen LogP contribution is -2.05. The topological polar surface area (TPSA) is 55.6 Å². The summed E-state index contributed by atoms with van der Waals surface area (Å²) in [5.74, 6) is 0. The van der Waals surface area contributed by atoms with Crippen molar-refractivity contribution in [1.82, 2.24) is 19.5 Å². The van der Waals surface area contributed by atoms with Crippen molar-refractivity contribution >= 4 is 17.3 Å². The molecule has 100 valence electrons. The molecule has 0 fully saturated rings. The van der Waals surface area contributed by atoms with Crippen LogP contribution in [0.1, 0.15) is 5.69 Å². The van der Waals surface area contributed by atoms with E-state index >= 15 is 0 Å². The molecular formula is C14H12ClN5. The molecule has 2 aromatic heterocycles. The SMILES string of the molecule is Clc1cccc(NCc2cnccn2)c1-n1ccnc1. The zero-order chi connectivity index (χ0) is 13.8. The predicted octanol–water partition coefficient (Wildman–Crippen LogP) is 2.93. The Balaban J connectivity index is 1.88. The Morgan fingerprint density at radius 3 is 2.85 bits per heavy atom. The molecule has 0 aliphatic heterocycles. The molecule has 5 nitrogen and oxygen atoms in total. The summed E-state index contributed by atoms with van der Waals surface area (Å²) in [6.45, 7) is 0.579. The third-order valence-corrected chi connectivity index (χ3v) is 3.13. The number of aromatic nitrogens is 4. The van der Waals surface area contributed by atoms with Crippen LogP contribution in [0.25, 0.3) is 5.69 Å². The largest absolute Gasteiger partial charge is 0.378 e. The monoisotopic (exact) mass is 285 g/mol. The fourth-order valence-corrected chi connectivity index (χ4v) is 2.19. The molecule has 0 bridgehead atoms. The van der Waals surface area contributed by atoms with Crippen LogP contribution in [-0.4, -0.2) is 19.5 Å². The number of hydrogen-bond donors (Lipinski definition) is 1. The maximum atomic E-state index is 6.29. The van der Waals surface area contributed by atoms with E-state index in [-0.39, 0.29) is 0 Å². The molecule has 0 spiro atoms. The van der Waals surface area contributed by atoms with E-state index in [1.165, 1.54) is 0 Å². The van der Waals surface area contributed by atoms with Gasteiger partial charge in [0.25, 0.3) is 0 Å². The highest BCUT2D eigenvalue weighted by Crippen LogP contribution is 2.28. The van der Waals surface area contributed by atoms with Crippen molar-refractivity contribution in [3.05, 3.63) is 66.2 Å². The van der Waals surface area contributed by atoms with E-state index in [1.54, 1.807) is 31.1 Å². The van der Waals surface area contributed by atoms with Crippen LogP contribution in [-0.2, 0) is 6.54 Å². The van der Waals surface area contributed by atoms with E-state index in [1.807, 2.05) is 29.0 Å². The van der Waals surface area contributed by atoms with Gasteiger partial charge >= 0.3 is 0 Å². The Hall–Kier alpha value is -2.40. The van der Waals surface area contributed by atoms with Gasteiger partial charge in [0, 0.05) is 24.8 Å². The first-order valence-corrected chi connectivity index (χ1v) is 6.48. The number of halogens is 1. The van der Waals surface area contributed by atoms with Crippen molar-refractivity contribution in [2.24, 2.45) is 0 Å². The molecule has 0 aliphatic carbocycles. The first kappa shape index (κ1) is 12.6. The van der Waals surface area contributed by atoms with Gasteiger partial charge in [-0.15, -0.1) is 0 Å². The maximum Gasteiger partial charge on any atom is 0.0992 e. The zero-order valence-electron chi connectivity index (χ0n) is 10.6. The van der Waals surface area contributed by atoms with Crippen molar-refractivity contribution in [3.8, 4) is 5.69 Å². The van der Waals surface area contributed by atoms with Gasteiger partial charge in [-0.2, -0.15) is 0 Å². The van der Waals surface area contributed by atoms with Crippen LogP contribution in [0, 0.1) is 0 Å². The summed E-state index contributed by atoms with van der Waals surface area (Å²) in [6.07, 6.45) is 10.3. The molecule has 0 amide bonds. The minimum atomic E-state index is 0.579. The Labute approximate surface area is 121 Å². The molecular weight excluding hydrogens is 274 g/mol. The van der Waals surface area contributed by atoms with E-state index in [2.05, 4.69) is 20.3 Å². The van der Waals surface area contributed by atoms with E-state index in [0.717, 1.165) is 17.1 Å². The summed E-state index contributed by atoms with van der Waals surface area (Å²) in [4.78, 5) is 12.3. The second-order valence-corrected chi connectivity index (χ2v) is 4.56. The van der Waals surface area contributed by atoms with Crippen molar-refractivity contribution in [2.75, 3.05) is 5.32 Å². The molecule has 3 aromatic rings. The number of rotatable bonds is 4. The van der Waals surface area contributed by atoms with Crippen LogP contribution in [0.15, 0.2) is 55.5 Å². The number of para-hydroxylation sites is 1. The smallest absolute Gasteiger partial charge is 0.0992 e. The Morgan fingerprint density at radius 1 is 1.15 bits per heavy atom. The Kier molecular flexibility index (Phi) is 3.60. The molecule has 3 rings (SSSR count). The van der Waals surface area contributed by atoms with Crippen LogP contribution < -0.4 is 5.32 Å². The molecule has 1 aromatic carbocycles. The zero-order valence-corrected chi connectivity index (χ0v) is 11.3. The van der Waals surface area contributed by atoms with Gasteiger partial charge in [0.1, 0.15) is 0 Å². The molecule has 0 unspecified atom stereocenters. The number of nitrogens with one attached hydrogen (secondary N) is 1. The molecule has 0 radical (unpaired) electrons. The number of anilines is 1. The standard InChI is InChI=1S/C14H12ClN5/c15-12-2-1-3-13(14(12)20-7-6-17-10-20)19-9-11-8-16-4-5-18-11/h1-8,10,19H,9H2. The third kappa shape index (κ3) is 2.62. The molecule has 20 heavy (non-hydrogen) atoms. The van der Waals surface area contributed by atoms with Crippen molar-refractivity contribution in [3.63, 3.8) is 0 Å². The highest BCUT2D eigenvalue weighted by molar-refractivity contribution is 6.33. The summed E-state index contributed by atoms with van der Waals surface area (Å²) in [6, 6.07) is 5.73. The molecule has 6 heteroatoms. The second kappa shape index (κ2) is 5.71. The molecule has 1 N–H and O–H groups in total. The third-order valence-electron chi connectivity index (χ3n) is 2.83. The summed E-state index contributed by atoms with van der Waals surface area (Å²) in [5.41, 5.74) is 2.65. The first-order chi connectivity index (χ1) is 9.84. The summed E-state index contributed by atoms with van der Waals surface area (Å²) in [5, 5.41) is 3.98. The van der Waals surface area contributed by atoms with E-state index in [4.69, 9.17) is 11.6 Å². The van der Waals surface area contributed by atoms with Gasteiger partial charge in [-0.1, -0.05) is 17.7 Å². The number of hydrogen-bond acceptors (Lipinski definition) is 4. The molecule has 0 aliphatic rings. The average molecular weight is 286 g/mol. The molecule has 2 heterocycles. The lowest BCUT2D eigenvalue weighted by atomic mass is 10.2. The van der Waals surface area contributed by atoms with Crippen LogP contribution in [0.4, 0.5) is 5.69 Å². The molecule has 0 saturated carbocycles. The molecule has 0 atom stereocenters. The molecule has 0 saturated heterocycles. The number of imidazole rings is 1. The van der Waals surface area contributed by atoms with Gasteiger partial charge in [-0.05, 0) is 12.1 Å². The number of benzene rings is 1. The first-order valence-electron chi connectivity index (χ1n) is 6.10. The van der Waals surface area contributed by atoms with Gasteiger partial charge in [-0.3, -0.25) is 9.97 Å². The quantitative estimate of drug-likeness (QED) is 0.801. The highest BCUT2D eigenvalue weighted by Gasteiger charge is 2.08. The van der Waals surface area contributed by atoms with Crippen LogP contribution in [0.5, 0.6) is 0 Å². The number of nitrogens with zero attached hydrogens (tertiary/aromatic N) is 4. The minimum Gasteiger partial charge on any atom is -0.378 e. The summed E-state index contributed by atoms with van der Waals surface area (Å²) in [7, 11) is 0. The van der Waals surface area contributed by atoms with E-state index < -0.39 is 0 Å². The lowest BCUT2D eigenvalue weighted by Gasteiger charge is -2.13. The van der Waals surface area contributed by atoms with Crippen molar-refractivity contribution < 1.29 is 0 Å². The second-order valence-electron chi connectivity index (χ2n) is 4.16. The van der Waals surface area contributed by atoms with Crippen LogP contribution in [0.2, 0.25) is 5.02 Å². The summed E-state index contributed by atoms with van der Waals surface area (Å²) < 4.78 is 1.88. The fraction of sp³-hybridized carbons (Fsp3) is 0.0714. The lowest BCUT2D eigenvalue weighted by molar-refractivity contribution is 0.994. The normalized spacial score (nSPS) is 10.4. The van der Waals surface area contributed by atoms with E-state index in [9.17, 15) is 0 Å². The highest BCUT2D eigenvalue weighted by atomic mass is 35.5. The summed E-state index contributed by atoms with van der Waals surface area (Å²) >= 11 is 6.29. The van der Waals surface area contributed by atoms with Crippen molar-refractivity contribution in [1.29, 1.82) is 0 Å². The van der Waals surface area contributed by atoms with Gasteiger partial charge in [0.15, 0.2) is 0 Å².